The number of amides is 1. The van der Waals surface area contributed by atoms with E-state index in [9.17, 15) is 9.18 Å². The maximum Gasteiger partial charge on any atom is 0.410 e. The van der Waals surface area contributed by atoms with Gasteiger partial charge >= 0.3 is 6.09 Å². The van der Waals surface area contributed by atoms with E-state index in [1.807, 2.05) is 33.8 Å². The van der Waals surface area contributed by atoms with Crippen LogP contribution < -0.4 is 0 Å². The number of halogens is 1. The molecule has 3 aromatic rings. The van der Waals surface area contributed by atoms with Crippen LogP contribution in [0.1, 0.15) is 64.8 Å². The number of carbonyl (C=O) groups excluding carboxylic acids is 1. The Morgan fingerprint density at radius 1 is 0.939 bits per heavy atom. The minimum Gasteiger partial charge on any atom is -0.439 e. The standard InChI is InChI=1S/C29H32FNO2/c1-17(2)25-14-26(21(6)13-27(25)30)24-8-7-18(3)10-23(24)15-31-16-28(33-29(31)32)22-11-19(4)9-20(5)12-22/h7-14,17,28H,15-16H2,1-6H3. The van der Waals surface area contributed by atoms with Gasteiger partial charge in [0.2, 0.25) is 0 Å². The summed E-state index contributed by atoms with van der Waals surface area (Å²) in [6, 6.07) is 16.1. The molecule has 3 aromatic carbocycles. The van der Waals surface area contributed by atoms with Gasteiger partial charge in [0, 0.05) is 6.54 Å². The van der Waals surface area contributed by atoms with Crippen molar-refractivity contribution in [1.29, 1.82) is 0 Å². The van der Waals surface area contributed by atoms with Crippen molar-refractivity contribution in [3.8, 4) is 11.1 Å². The van der Waals surface area contributed by atoms with Crippen molar-refractivity contribution < 1.29 is 13.9 Å². The van der Waals surface area contributed by atoms with Gasteiger partial charge in [-0.15, -0.1) is 0 Å². The third-order valence-corrected chi connectivity index (χ3v) is 6.38. The lowest BCUT2D eigenvalue weighted by Gasteiger charge is -2.19. The summed E-state index contributed by atoms with van der Waals surface area (Å²) in [5, 5.41) is 0. The molecule has 1 heterocycles. The molecule has 0 N–H and O–H groups in total. The first-order valence-electron chi connectivity index (χ1n) is 11.6. The van der Waals surface area contributed by atoms with Gasteiger partial charge < -0.3 is 4.74 Å². The van der Waals surface area contributed by atoms with Gasteiger partial charge in [-0.25, -0.2) is 9.18 Å². The first-order valence-corrected chi connectivity index (χ1v) is 11.6. The molecule has 0 saturated carbocycles. The van der Waals surface area contributed by atoms with Gasteiger partial charge in [-0.2, -0.15) is 0 Å². The van der Waals surface area contributed by atoms with Crippen molar-refractivity contribution in [2.24, 2.45) is 0 Å². The minimum atomic E-state index is -0.301. The predicted octanol–water partition coefficient (Wildman–Crippen LogP) is 7.54. The Labute approximate surface area is 196 Å². The molecular weight excluding hydrogens is 413 g/mol. The molecule has 33 heavy (non-hydrogen) atoms. The fourth-order valence-corrected chi connectivity index (χ4v) is 4.75. The van der Waals surface area contributed by atoms with Crippen LogP contribution in [0.2, 0.25) is 0 Å². The fraction of sp³-hybridized carbons (Fsp3) is 0.345. The van der Waals surface area contributed by atoms with Crippen molar-refractivity contribution >= 4 is 6.09 Å². The molecular formula is C29H32FNO2. The molecule has 172 valence electrons. The lowest BCUT2D eigenvalue weighted by Crippen LogP contribution is -2.24. The van der Waals surface area contributed by atoms with Gasteiger partial charge in [0.05, 0.1) is 6.54 Å². The number of hydrogen-bond donors (Lipinski definition) is 0. The molecule has 1 atom stereocenters. The van der Waals surface area contributed by atoms with Crippen molar-refractivity contribution in [1.82, 2.24) is 4.90 Å². The van der Waals surface area contributed by atoms with Gasteiger partial charge in [0.15, 0.2) is 0 Å². The zero-order chi connectivity index (χ0) is 23.9. The Balaban J connectivity index is 1.67. The van der Waals surface area contributed by atoms with Crippen LogP contribution in [-0.2, 0) is 11.3 Å². The maximum atomic E-state index is 14.5. The fourth-order valence-electron chi connectivity index (χ4n) is 4.75. The molecule has 0 aromatic heterocycles. The van der Waals surface area contributed by atoms with Crippen LogP contribution >= 0.6 is 0 Å². The molecule has 1 amide bonds. The SMILES string of the molecule is Cc1cc(C)cc(C2CN(Cc3cc(C)ccc3-c3cc(C(C)C)c(F)cc3C)C(=O)O2)c1. The molecule has 0 radical (unpaired) electrons. The van der Waals surface area contributed by atoms with E-state index >= 15 is 0 Å². The van der Waals surface area contributed by atoms with Crippen LogP contribution in [0, 0.1) is 33.5 Å². The van der Waals surface area contributed by atoms with E-state index in [0.29, 0.717) is 18.7 Å². The average molecular weight is 446 g/mol. The summed E-state index contributed by atoms with van der Waals surface area (Å²) in [5.74, 6) is -0.0790. The molecule has 1 aliphatic heterocycles. The lowest BCUT2D eigenvalue weighted by molar-refractivity contribution is 0.132. The number of rotatable bonds is 5. The highest BCUT2D eigenvalue weighted by atomic mass is 19.1. The summed E-state index contributed by atoms with van der Waals surface area (Å²) >= 11 is 0. The molecule has 0 spiro atoms. The van der Waals surface area contributed by atoms with Crippen molar-refractivity contribution in [3.05, 3.63) is 93.3 Å². The van der Waals surface area contributed by atoms with Crippen molar-refractivity contribution in [2.75, 3.05) is 6.54 Å². The van der Waals surface area contributed by atoms with Crippen LogP contribution in [0.5, 0.6) is 0 Å². The summed E-state index contributed by atoms with van der Waals surface area (Å²) < 4.78 is 20.3. The normalized spacial score (nSPS) is 15.9. The zero-order valence-electron chi connectivity index (χ0n) is 20.3. The second-order valence-electron chi connectivity index (χ2n) is 9.68. The number of aryl methyl sites for hydroxylation is 4. The summed E-state index contributed by atoms with van der Waals surface area (Å²) in [7, 11) is 0. The second-order valence-corrected chi connectivity index (χ2v) is 9.68. The van der Waals surface area contributed by atoms with Gasteiger partial charge in [-0.05, 0) is 79.1 Å². The third-order valence-electron chi connectivity index (χ3n) is 6.38. The molecule has 4 heteroatoms. The second kappa shape index (κ2) is 9.01. The topological polar surface area (TPSA) is 29.5 Å². The van der Waals surface area contributed by atoms with Crippen LogP contribution in [0.4, 0.5) is 9.18 Å². The lowest BCUT2D eigenvalue weighted by atomic mass is 9.90. The van der Waals surface area contributed by atoms with E-state index in [0.717, 1.165) is 44.5 Å². The summed E-state index contributed by atoms with van der Waals surface area (Å²) in [4.78, 5) is 14.5. The third kappa shape index (κ3) is 4.80. The van der Waals surface area contributed by atoms with Crippen molar-refractivity contribution in [3.63, 3.8) is 0 Å². The molecule has 3 nitrogen and oxygen atoms in total. The Hall–Kier alpha value is -3.14. The predicted molar refractivity (Wildman–Crippen MR) is 131 cm³/mol. The van der Waals surface area contributed by atoms with Crippen LogP contribution in [0.3, 0.4) is 0 Å². The molecule has 1 fully saturated rings. The van der Waals surface area contributed by atoms with E-state index in [1.54, 1.807) is 11.0 Å². The van der Waals surface area contributed by atoms with E-state index in [1.165, 1.54) is 0 Å². The highest BCUT2D eigenvalue weighted by Crippen LogP contribution is 2.35. The first kappa shape index (κ1) is 23.0. The number of nitrogens with zero attached hydrogens (tertiary/aromatic N) is 1. The molecule has 0 bridgehead atoms. The minimum absolute atomic E-state index is 0.0883. The maximum absolute atomic E-state index is 14.5. The Kier molecular flexibility index (Phi) is 6.29. The summed E-state index contributed by atoms with van der Waals surface area (Å²) in [6.07, 6.45) is -0.574. The highest BCUT2D eigenvalue weighted by Gasteiger charge is 2.33. The molecule has 4 rings (SSSR count). The number of benzene rings is 3. The van der Waals surface area contributed by atoms with Crippen LogP contribution in [0.25, 0.3) is 11.1 Å². The molecule has 1 unspecified atom stereocenters. The molecule has 1 aliphatic rings. The Morgan fingerprint density at radius 2 is 1.64 bits per heavy atom. The quantitative estimate of drug-likeness (QED) is 0.406. The van der Waals surface area contributed by atoms with Crippen LogP contribution in [0.15, 0.2) is 48.5 Å². The summed E-state index contributed by atoms with van der Waals surface area (Å²) in [5.41, 5.74) is 9.14. The van der Waals surface area contributed by atoms with Gasteiger partial charge in [-0.3, -0.25) is 4.90 Å². The number of carbonyl (C=O) groups is 1. The largest absolute Gasteiger partial charge is 0.439 e. The Morgan fingerprint density at radius 3 is 2.30 bits per heavy atom. The van der Waals surface area contributed by atoms with E-state index in [2.05, 4.69) is 50.2 Å². The zero-order valence-corrected chi connectivity index (χ0v) is 20.3. The van der Waals surface area contributed by atoms with Gasteiger partial charge in [0.25, 0.3) is 0 Å². The number of cyclic esters (lactones) is 1. The number of hydrogen-bond acceptors (Lipinski definition) is 2. The molecule has 1 saturated heterocycles. The average Bonchev–Trinajstić information content (AvgIpc) is 3.08. The number of ether oxygens (including phenoxy) is 1. The molecule has 0 aliphatic carbocycles. The summed E-state index contributed by atoms with van der Waals surface area (Å²) in [6.45, 7) is 13.1. The van der Waals surface area contributed by atoms with Crippen molar-refractivity contribution in [2.45, 2.75) is 60.1 Å². The van der Waals surface area contributed by atoms with Gasteiger partial charge in [-0.1, -0.05) is 66.9 Å². The van der Waals surface area contributed by atoms with E-state index in [4.69, 9.17) is 4.74 Å². The highest BCUT2D eigenvalue weighted by molar-refractivity contribution is 5.74. The van der Waals surface area contributed by atoms with E-state index in [-0.39, 0.29) is 23.9 Å². The smallest absolute Gasteiger partial charge is 0.410 e. The van der Waals surface area contributed by atoms with E-state index < -0.39 is 0 Å². The van der Waals surface area contributed by atoms with Crippen LogP contribution in [-0.4, -0.2) is 17.5 Å². The monoisotopic (exact) mass is 445 g/mol. The first-order chi connectivity index (χ1) is 15.6. The Bertz CT molecular complexity index is 1190. The van der Waals surface area contributed by atoms with Gasteiger partial charge in [0.1, 0.15) is 11.9 Å².